The molecule has 0 saturated carbocycles. The first-order valence-corrected chi connectivity index (χ1v) is 8.22. The summed E-state index contributed by atoms with van der Waals surface area (Å²) in [6.07, 6.45) is 1.35. The fourth-order valence-corrected chi connectivity index (χ4v) is 4.10. The lowest BCUT2D eigenvalue weighted by Gasteiger charge is -2.26. The van der Waals surface area contributed by atoms with Gasteiger partial charge in [-0.15, -0.1) is 0 Å². The maximum Gasteiger partial charge on any atom is 0.152 e. The zero-order chi connectivity index (χ0) is 14.2. The van der Waals surface area contributed by atoms with E-state index in [1.807, 2.05) is 25.8 Å². The summed E-state index contributed by atoms with van der Waals surface area (Å²) in [5.74, 6) is 2.34. The van der Waals surface area contributed by atoms with Gasteiger partial charge >= 0.3 is 0 Å². The van der Waals surface area contributed by atoms with Crippen molar-refractivity contribution in [3.63, 3.8) is 0 Å². The molecule has 1 aliphatic heterocycles. The van der Waals surface area contributed by atoms with Gasteiger partial charge in [0.05, 0.1) is 11.5 Å². The normalized spacial score (nSPS) is 21.5. The molecule has 0 spiro atoms. The third kappa shape index (κ3) is 2.80. The molecule has 7 heteroatoms. The predicted molar refractivity (Wildman–Crippen MR) is 76.0 cm³/mol. The minimum Gasteiger partial charge on any atom is -0.383 e. The number of sulfone groups is 1. The predicted octanol–water partition coefficient (Wildman–Crippen LogP) is 0.553. The third-order valence-electron chi connectivity index (χ3n) is 3.61. The largest absolute Gasteiger partial charge is 0.383 e. The van der Waals surface area contributed by atoms with Crippen LogP contribution in [0.2, 0.25) is 0 Å². The maximum atomic E-state index is 11.6. The Labute approximate surface area is 114 Å². The molecule has 1 aromatic rings. The Balaban J connectivity index is 2.33. The molecule has 2 heterocycles. The van der Waals surface area contributed by atoms with Crippen LogP contribution in [0.3, 0.4) is 0 Å². The van der Waals surface area contributed by atoms with E-state index >= 15 is 0 Å². The van der Waals surface area contributed by atoms with Gasteiger partial charge in [0.1, 0.15) is 17.5 Å². The summed E-state index contributed by atoms with van der Waals surface area (Å²) in [4.78, 5) is 10.6. The van der Waals surface area contributed by atoms with Gasteiger partial charge in [0.15, 0.2) is 9.84 Å². The molecule has 1 fully saturated rings. The molecule has 106 valence electrons. The van der Waals surface area contributed by atoms with Crippen LogP contribution in [0.4, 0.5) is 11.6 Å². The number of nitrogen functional groups attached to an aromatic ring is 1. The van der Waals surface area contributed by atoms with Gasteiger partial charge in [-0.25, -0.2) is 18.4 Å². The van der Waals surface area contributed by atoms with Crippen LogP contribution in [0.5, 0.6) is 0 Å². The van der Waals surface area contributed by atoms with Crippen LogP contribution >= 0.6 is 0 Å². The van der Waals surface area contributed by atoms with Gasteiger partial charge in [-0.1, -0.05) is 6.92 Å². The number of aryl methyl sites for hydroxylation is 1. The van der Waals surface area contributed by atoms with E-state index in [0.29, 0.717) is 24.5 Å². The van der Waals surface area contributed by atoms with Gasteiger partial charge in [-0.2, -0.15) is 0 Å². The van der Waals surface area contributed by atoms with Crippen LogP contribution in [-0.2, 0) is 16.3 Å². The lowest BCUT2D eigenvalue weighted by molar-refractivity contribution is 0.600. The Morgan fingerprint density at radius 1 is 1.42 bits per heavy atom. The lowest BCUT2D eigenvalue weighted by atomic mass is 10.2. The standard InChI is InChI=1S/C12H20N4O2S/c1-4-10-14-11(13)8(2)12(15-10)16(3)9-5-6-19(17,18)7-9/h9H,4-7H2,1-3H3,(H2,13,14,15). The molecule has 2 N–H and O–H groups in total. The van der Waals surface area contributed by atoms with Gasteiger partial charge in [0, 0.05) is 25.1 Å². The van der Waals surface area contributed by atoms with Crippen molar-refractivity contribution in [2.45, 2.75) is 32.7 Å². The highest BCUT2D eigenvalue weighted by atomic mass is 32.2. The Kier molecular flexibility index (Phi) is 3.66. The van der Waals surface area contributed by atoms with E-state index in [1.54, 1.807) is 0 Å². The highest BCUT2D eigenvalue weighted by Crippen LogP contribution is 2.26. The highest BCUT2D eigenvalue weighted by molar-refractivity contribution is 7.91. The fraction of sp³-hybridized carbons (Fsp3) is 0.667. The molecule has 2 rings (SSSR count). The van der Waals surface area contributed by atoms with E-state index in [0.717, 1.165) is 11.4 Å². The molecule has 19 heavy (non-hydrogen) atoms. The van der Waals surface area contributed by atoms with Gasteiger partial charge in [0.2, 0.25) is 0 Å². The van der Waals surface area contributed by atoms with Crippen LogP contribution in [-0.4, -0.2) is 43.0 Å². The Bertz CT molecular complexity index is 586. The molecule has 1 aromatic heterocycles. The van der Waals surface area contributed by atoms with E-state index in [2.05, 4.69) is 9.97 Å². The number of aromatic nitrogens is 2. The monoisotopic (exact) mass is 284 g/mol. The zero-order valence-electron chi connectivity index (χ0n) is 11.5. The van der Waals surface area contributed by atoms with Crippen LogP contribution < -0.4 is 10.6 Å². The van der Waals surface area contributed by atoms with Crippen molar-refractivity contribution in [1.29, 1.82) is 0 Å². The fourth-order valence-electron chi connectivity index (χ4n) is 2.32. The molecule has 6 nitrogen and oxygen atoms in total. The summed E-state index contributed by atoms with van der Waals surface area (Å²) in [7, 11) is -1.03. The summed E-state index contributed by atoms with van der Waals surface area (Å²) >= 11 is 0. The van der Waals surface area contributed by atoms with E-state index < -0.39 is 9.84 Å². The van der Waals surface area contributed by atoms with Crippen molar-refractivity contribution < 1.29 is 8.42 Å². The summed E-state index contributed by atoms with van der Waals surface area (Å²) in [6, 6.07) is -0.0253. The average Bonchev–Trinajstić information content (AvgIpc) is 2.72. The van der Waals surface area contributed by atoms with Crippen molar-refractivity contribution in [2.24, 2.45) is 0 Å². The van der Waals surface area contributed by atoms with Crippen molar-refractivity contribution in [3.05, 3.63) is 11.4 Å². The van der Waals surface area contributed by atoms with E-state index in [-0.39, 0.29) is 17.5 Å². The number of rotatable bonds is 3. The first-order chi connectivity index (χ1) is 8.84. The molecule has 1 unspecified atom stereocenters. The van der Waals surface area contributed by atoms with Crippen molar-refractivity contribution >= 4 is 21.5 Å². The van der Waals surface area contributed by atoms with Crippen LogP contribution in [0.15, 0.2) is 0 Å². The Morgan fingerprint density at radius 2 is 2.11 bits per heavy atom. The molecule has 0 aromatic carbocycles. The first kappa shape index (κ1) is 14.0. The van der Waals surface area contributed by atoms with Crippen LogP contribution in [0, 0.1) is 6.92 Å². The minimum absolute atomic E-state index is 0.0253. The third-order valence-corrected chi connectivity index (χ3v) is 5.36. The summed E-state index contributed by atoms with van der Waals surface area (Å²) < 4.78 is 23.1. The van der Waals surface area contributed by atoms with Gasteiger partial charge in [-0.05, 0) is 13.3 Å². The van der Waals surface area contributed by atoms with Crippen molar-refractivity contribution in [1.82, 2.24) is 9.97 Å². The molecular formula is C12H20N4O2S. The number of anilines is 2. The van der Waals surface area contributed by atoms with Gasteiger partial charge < -0.3 is 10.6 Å². The quantitative estimate of drug-likeness (QED) is 0.872. The average molecular weight is 284 g/mol. The second kappa shape index (κ2) is 4.96. The lowest BCUT2D eigenvalue weighted by Crippen LogP contribution is -2.34. The summed E-state index contributed by atoms with van der Waals surface area (Å²) in [5, 5.41) is 0. The second-order valence-electron chi connectivity index (χ2n) is 4.99. The minimum atomic E-state index is -2.90. The zero-order valence-corrected chi connectivity index (χ0v) is 12.4. The van der Waals surface area contributed by atoms with E-state index in [1.165, 1.54) is 0 Å². The second-order valence-corrected chi connectivity index (χ2v) is 7.22. The first-order valence-electron chi connectivity index (χ1n) is 6.40. The molecule has 0 aliphatic carbocycles. The van der Waals surface area contributed by atoms with E-state index in [4.69, 9.17) is 5.73 Å². The molecule has 1 saturated heterocycles. The number of hydrogen-bond acceptors (Lipinski definition) is 6. The summed E-state index contributed by atoms with van der Waals surface area (Å²) in [5.41, 5.74) is 6.70. The number of hydrogen-bond donors (Lipinski definition) is 1. The summed E-state index contributed by atoms with van der Waals surface area (Å²) in [6.45, 7) is 3.83. The Morgan fingerprint density at radius 3 is 2.63 bits per heavy atom. The smallest absolute Gasteiger partial charge is 0.152 e. The van der Waals surface area contributed by atoms with Crippen LogP contribution in [0.25, 0.3) is 0 Å². The molecule has 1 aliphatic rings. The van der Waals surface area contributed by atoms with E-state index in [9.17, 15) is 8.42 Å². The number of nitrogens with two attached hydrogens (primary N) is 1. The van der Waals surface area contributed by atoms with Crippen molar-refractivity contribution in [3.8, 4) is 0 Å². The molecular weight excluding hydrogens is 264 g/mol. The number of nitrogens with zero attached hydrogens (tertiary/aromatic N) is 3. The molecule has 1 atom stereocenters. The molecule has 0 bridgehead atoms. The Hall–Kier alpha value is -1.37. The maximum absolute atomic E-state index is 11.6. The highest BCUT2D eigenvalue weighted by Gasteiger charge is 2.32. The molecule has 0 amide bonds. The topological polar surface area (TPSA) is 89.2 Å². The van der Waals surface area contributed by atoms with Crippen LogP contribution in [0.1, 0.15) is 24.7 Å². The molecule has 0 radical (unpaired) electrons. The SMILES string of the molecule is CCc1nc(N)c(C)c(N(C)C2CCS(=O)(=O)C2)n1. The van der Waals surface area contributed by atoms with Gasteiger partial charge in [-0.3, -0.25) is 0 Å². The van der Waals surface area contributed by atoms with Gasteiger partial charge in [0.25, 0.3) is 0 Å². The van der Waals surface area contributed by atoms with Crippen molar-refractivity contribution in [2.75, 3.05) is 29.2 Å².